The number of nitrogens with two attached hydrogens (primary N) is 1. The van der Waals surface area contributed by atoms with Crippen molar-refractivity contribution in [1.29, 1.82) is 0 Å². The van der Waals surface area contributed by atoms with E-state index in [2.05, 4.69) is 0 Å². The number of sulfonamides is 1. The second kappa shape index (κ2) is 8.15. The molecule has 0 fully saturated rings. The van der Waals surface area contributed by atoms with Gasteiger partial charge in [0.25, 0.3) is 20.1 Å². The molecule has 0 amide bonds. The molecule has 0 saturated carbocycles. The van der Waals surface area contributed by atoms with Gasteiger partial charge in [-0.25, -0.2) is 8.42 Å². The van der Waals surface area contributed by atoms with Gasteiger partial charge >= 0.3 is 0 Å². The van der Waals surface area contributed by atoms with Gasteiger partial charge in [-0.05, 0) is 48.5 Å². The molecule has 0 saturated heterocycles. The summed E-state index contributed by atoms with van der Waals surface area (Å²) in [5.74, 6) is 0.182. The minimum atomic E-state index is -4.72. The summed E-state index contributed by atoms with van der Waals surface area (Å²) in [5, 5.41) is 0.0645. The first kappa shape index (κ1) is 21.9. The zero-order valence-electron chi connectivity index (χ0n) is 15.6. The normalized spacial score (nSPS) is 11.8. The van der Waals surface area contributed by atoms with Crippen LogP contribution in [-0.4, -0.2) is 28.4 Å². The molecule has 11 heteroatoms. The largest absolute Gasteiger partial charge is 0.456 e. The van der Waals surface area contributed by atoms with Gasteiger partial charge < -0.3 is 10.5 Å². The maximum absolute atomic E-state index is 12.9. The number of nitrogens with zero attached hydrogens (tertiary/aromatic N) is 1. The number of halogens is 1. The van der Waals surface area contributed by atoms with E-state index < -0.39 is 25.0 Å². The van der Waals surface area contributed by atoms with Crippen LogP contribution in [0.25, 0.3) is 0 Å². The molecule has 0 radical (unpaired) electrons. The zero-order chi connectivity index (χ0) is 22.1. The molecule has 30 heavy (non-hydrogen) atoms. The third-order valence-electron chi connectivity index (χ3n) is 4.17. The first-order valence-electron chi connectivity index (χ1n) is 8.38. The van der Waals surface area contributed by atoms with E-state index in [-0.39, 0.29) is 27.0 Å². The van der Waals surface area contributed by atoms with Crippen LogP contribution in [0.1, 0.15) is 0 Å². The molecule has 0 aromatic heterocycles. The van der Waals surface area contributed by atoms with Crippen LogP contribution in [-0.2, 0) is 20.1 Å². The topological polar surface area (TPSA) is 127 Å². The Morgan fingerprint density at radius 1 is 0.967 bits per heavy atom. The number of benzene rings is 3. The Bertz CT molecular complexity index is 1300. The van der Waals surface area contributed by atoms with Crippen LogP contribution < -0.4 is 14.8 Å². The Labute approximate surface area is 179 Å². The highest BCUT2D eigenvalue weighted by molar-refractivity contribution is 7.92. The van der Waals surface area contributed by atoms with Crippen LogP contribution >= 0.6 is 11.6 Å². The monoisotopic (exact) mass is 468 g/mol. The van der Waals surface area contributed by atoms with Crippen LogP contribution in [0.4, 0.5) is 11.4 Å². The summed E-state index contributed by atoms with van der Waals surface area (Å²) >= 11 is 5.92. The number of nitrogen functional groups attached to an aromatic ring is 1. The van der Waals surface area contributed by atoms with Crippen molar-refractivity contribution in [3.05, 3.63) is 71.8 Å². The lowest BCUT2D eigenvalue weighted by atomic mass is 10.3. The Morgan fingerprint density at radius 2 is 1.63 bits per heavy atom. The molecule has 0 bridgehead atoms. The van der Waals surface area contributed by atoms with Gasteiger partial charge in [-0.1, -0.05) is 29.8 Å². The highest BCUT2D eigenvalue weighted by atomic mass is 35.5. The lowest BCUT2D eigenvalue weighted by Gasteiger charge is -2.21. The van der Waals surface area contributed by atoms with Crippen LogP contribution in [0, 0.1) is 0 Å². The van der Waals surface area contributed by atoms with Crippen molar-refractivity contribution in [3.8, 4) is 11.5 Å². The van der Waals surface area contributed by atoms with E-state index in [1.165, 1.54) is 37.4 Å². The standard InChI is InChI=1S/C19H17ClN2O6S2/c1-22(29(23,24)15-8-9-17(21)16(20)12-15)13-7-10-18(19(11-13)30(25,26)27)28-14-5-3-2-4-6-14/h2-12H,21H2,1H3,(H,25,26,27). The fraction of sp³-hybridized carbons (Fsp3) is 0.0526. The average Bonchev–Trinajstić information content (AvgIpc) is 2.69. The minimum Gasteiger partial charge on any atom is -0.456 e. The maximum Gasteiger partial charge on any atom is 0.298 e. The van der Waals surface area contributed by atoms with Crippen LogP contribution in [0.3, 0.4) is 0 Å². The van der Waals surface area contributed by atoms with Crippen molar-refractivity contribution in [3.63, 3.8) is 0 Å². The highest BCUT2D eigenvalue weighted by Crippen LogP contribution is 2.34. The lowest BCUT2D eigenvalue weighted by molar-refractivity contribution is 0.450. The van der Waals surface area contributed by atoms with Crippen LogP contribution in [0.15, 0.2) is 76.5 Å². The molecule has 0 unspecified atom stereocenters. The fourth-order valence-electron chi connectivity index (χ4n) is 2.56. The van der Waals surface area contributed by atoms with Crippen molar-refractivity contribution in [1.82, 2.24) is 0 Å². The Hall–Kier alpha value is -2.79. The SMILES string of the molecule is CN(c1ccc(Oc2ccccc2)c(S(=O)(=O)O)c1)S(=O)(=O)c1ccc(N)c(Cl)c1. The number of hydrogen-bond acceptors (Lipinski definition) is 6. The highest BCUT2D eigenvalue weighted by Gasteiger charge is 2.25. The van der Waals surface area contributed by atoms with E-state index in [0.717, 1.165) is 10.4 Å². The number of ether oxygens (including phenoxy) is 1. The molecule has 3 rings (SSSR count). The van der Waals surface area contributed by atoms with Crippen molar-refractivity contribution < 1.29 is 26.1 Å². The zero-order valence-corrected chi connectivity index (χ0v) is 17.9. The van der Waals surface area contributed by atoms with Crippen molar-refractivity contribution in [2.75, 3.05) is 17.1 Å². The van der Waals surface area contributed by atoms with Gasteiger partial charge in [-0.3, -0.25) is 8.86 Å². The summed E-state index contributed by atoms with van der Waals surface area (Å²) in [4.78, 5) is -0.719. The first-order chi connectivity index (χ1) is 14.0. The van der Waals surface area contributed by atoms with Gasteiger partial charge in [0.05, 0.1) is 21.3 Å². The van der Waals surface area contributed by atoms with Crippen LogP contribution in [0.5, 0.6) is 11.5 Å². The number of rotatable bonds is 6. The quantitative estimate of drug-likeness (QED) is 0.416. The molecule has 0 heterocycles. The second-order valence-electron chi connectivity index (χ2n) is 6.18. The average molecular weight is 469 g/mol. The fourth-order valence-corrected chi connectivity index (χ4v) is 4.65. The summed E-state index contributed by atoms with van der Waals surface area (Å²) in [5.41, 5.74) is 5.82. The molecule has 3 aromatic rings. The maximum atomic E-state index is 12.9. The molecule has 0 spiro atoms. The molecule has 8 nitrogen and oxygen atoms in total. The van der Waals surface area contributed by atoms with E-state index in [1.807, 2.05) is 0 Å². The predicted octanol–water partition coefficient (Wildman–Crippen LogP) is 3.79. The molecule has 0 aliphatic carbocycles. The molecule has 158 valence electrons. The first-order valence-corrected chi connectivity index (χ1v) is 11.6. The van der Waals surface area contributed by atoms with Gasteiger partial charge in [-0.15, -0.1) is 0 Å². The Balaban J connectivity index is 2.04. The molecule has 3 N–H and O–H groups in total. The number of para-hydroxylation sites is 1. The molecular formula is C19H17ClN2O6S2. The minimum absolute atomic E-state index is 0.0176. The van der Waals surface area contributed by atoms with Gasteiger partial charge in [0.1, 0.15) is 16.4 Å². The van der Waals surface area contributed by atoms with Gasteiger partial charge in [0.15, 0.2) is 0 Å². The summed E-state index contributed by atoms with van der Waals surface area (Å²) in [6.07, 6.45) is 0. The van der Waals surface area contributed by atoms with Crippen molar-refractivity contribution >= 4 is 43.1 Å². The van der Waals surface area contributed by atoms with Crippen molar-refractivity contribution in [2.45, 2.75) is 9.79 Å². The summed E-state index contributed by atoms with van der Waals surface area (Å²) < 4.78 is 65.6. The number of hydrogen-bond donors (Lipinski definition) is 2. The summed E-state index contributed by atoms with van der Waals surface area (Å²) in [7, 11) is -7.57. The third kappa shape index (κ3) is 4.51. The summed E-state index contributed by atoms with van der Waals surface area (Å²) in [6, 6.07) is 15.8. The van der Waals surface area contributed by atoms with Crippen LogP contribution in [0.2, 0.25) is 5.02 Å². The summed E-state index contributed by atoms with van der Waals surface area (Å²) in [6.45, 7) is 0. The lowest BCUT2D eigenvalue weighted by Crippen LogP contribution is -2.26. The molecule has 0 aliphatic rings. The van der Waals surface area contributed by atoms with E-state index in [0.29, 0.717) is 5.75 Å². The van der Waals surface area contributed by atoms with Crippen molar-refractivity contribution in [2.24, 2.45) is 0 Å². The molecular weight excluding hydrogens is 452 g/mol. The number of anilines is 2. The smallest absolute Gasteiger partial charge is 0.298 e. The van der Waals surface area contributed by atoms with Gasteiger partial charge in [-0.2, -0.15) is 8.42 Å². The van der Waals surface area contributed by atoms with E-state index in [9.17, 15) is 21.4 Å². The van der Waals surface area contributed by atoms with Gasteiger partial charge in [0, 0.05) is 7.05 Å². The third-order valence-corrected chi connectivity index (χ3v) is 7.15. The second-order valence-corrected chi connectivity index (χ2v) is 9.94. The molecule has 0 aliphatic heterocycles. The Morgan fingerprint density at radius 3 is 2.23 bits per heavy atom. The van der Waals surface area contributed by atoms with Gasteiger partial charge in [0.2, 0.25) is 0 Å². The molecule has 0 atom stereocenters. The predicted molar refractivity (Wildman–Crippen MR) is 114 cm³/mol. The van der Waals surface area contributed by atoms with E-state index in [4.69, 9.17) is 22.1 Å². The molecule has 3 aromatic carbocycles. The van der Waals surface area contributed by atoms with E-state index in [1.54, 1.807) is 30.3 Å². The van der Waals surface area contributed by atoms with E-state index >= 15 is 0 Å². The Kier molecular flexibility index (Phi) is 5.95.